The number of benzene rings is 1. The van der Waals surface area contributed by atoms with E-state index < -0.39 is 5.38 Å². The first-order valence-corrected chi connectivity index (χ1v) is 4.99. The van der Waals surface area contributed by atoms with Gasteiger partial charge in [0, 0.05) is 14.1 Å². The van der Waals surface area contributed by atoms with Crippen LogP contribution in [0, 0.1) is 0 Å². The Labute approximate surface area is 94.6 Å². The topological polar surface area (TPSA) is 29.5 Å². The van der Waals surface area contributed by atoms with Gasteiger partial charge in [0.05, 0.1) is 7.11 Å². The van der Waals surface area contributed by atoms with Gasteiger partial charge in [0.2, 0.25) is 5.91 Å². The molecule has 0 aliphatic heterocycles. The molecule has 0 bridgehead atoms. The standard InChI is InChI=1S/C11H14ClNO2/c1-13(2)11(14)10(12)8-5-4-6-9(7-8)15-3/h4-7,10H,1-3H3. The van der Waals surface area contributed by atoms with Crippen molar-refractivity contribution in [3.63, 3.8) is 0 Å². The molecule has 82 valence electrons. The lowest BCUT2D eigenvalue weighted by Crippen LogP contribution is -2.25. The van der Waals surface area contributed by atoms with E-state index in [1.165, 1.54) is 4.90 Å². The Bertz CT molecular complexity index is 352. The van der Waals surface area contributed by atoms with Gasteiger partial charge in [-0.25, -0.2) is 0 Å². The first-order valence-electron chi connectivity index (χ1n) is 4.55. The van der Waals surface area contributed by atoms with E-state index in [4.69, 9.17) is 16.3 Å². The van der Waals surface area contributed by atoms with Crippen molar-refractivity contribution < 1.29 is 9.53 Å². The van der Waals surface area contributed by atoms with Gasteiger partial charge in [0.25, 0.3) is 0 Å². The third-order valence-electron chi connectivity index (χ3n) is 2.04. The first-order chi connectivity index (χ1) is 7.06. The monoisotopic (exact) mass is 227 g/mol. The fourth-order valence-electron chi connectivity index (χ4n) is 1.17. The average molecular weight is 228 g/mol. The number of nitrogens with zero attached hydrogens (tertiary/aromatic N) is 1. The molecule has 3 nitrogen and oxygen atoms in total. The molecule has 0 aliphatic carbocycles. The van der Waals surface area contributed by atoms with Crippen molar-refractivity contribution in [3.05, 3.63) is 29.8 Å². The molecule has 0 aliphatic rings. The molecule has 1 unspecified atom stereocenters. The number of alkyl halides is 1. The van der Waals surface area contributed by atoms with Gasteiger partial charge in [-0.1, -0.05) is 12.1 Å². The van der Waals surface area contributed by atoms with Crippen LogP contribution in [0.4, 0.5) is 0 Å². The van der Waals surface area contributed by atoms with Crippen LogP contribution in [-0.2, 0) is 4.79 Å². The minimum Gasteiger partial charge on any atom is -0.497 e. The molecule has 1 atom stereocenters. The van der Waals surface area contributed by atoms with E-state index in [1.807, 2.05) is 18.2 Å². The maximum absolute atomic E-state index is 11.6. The van der Waals surface area contributed by atoms with Crippen LogP contribution in [0.5, 0.6) is 5.75 Å². The molecule has 0 N–H and O–H groups in total. The average Bonchev–Trinajstić information content (AvgIpc) is 2.27. The molecule has 0 radical (unpaired) electrons. The van der Waals surface area contributed by atoms with Gasteiger partial charge in [0.15, 0.2) is 0 Å². The van der Waals surface area contributed by atoms with Gasteiger partial charge in [-0.15, -0.1) is 11.6 Å². The van der Waals surface area contributed by atoms with E-state index in [0.29, 0.717) is 5.75 Å². The molecule has 1 aromatic rings. The van der Waals surface area contributed by atoms with E-state index in [9.17, 15) is 4.79 Å². The maximum Gasteiger partial charge on any atom is 0.244 e. The molecule has 1 aromatic carbocycles. The predicted octanol–water partition coefficient (Wildman–Crippen LogP) is 2.06. The summed E-state index contributed by atoms with van der Waals surface area (Å²) in [5.41, 5.74) is 0.745. The van der Waals surface area contributed by atoms with Crippen molar-refractivity contribution >= 4 is 17.5 Å². The molecule has 0 heterocycles. The number of methoxy groups -OCH3 is 1. The number of likely N-dealkylation sites (N-methyl/N-ethyl adjacent to an activating group) is 1. The van der Waals surface area contributed by atoms with Crippen LogP contribution in [-0.4, -0.2) is 32.0 Å². The molecule has 0 spiro atoms. The minimum absolute atomic E-state index is 0.134. The van der Waals surface area contributed by atoms with Gasteiger partial charge >= 0.3 is 0 Å². The lowest BCUT2D eigenvalue weighted by Gasteiger charge is -2.15. The van der Waals surface area contributed by atoms with Gasteiger partial charge in [0.1, 0.15) is 11.1 Å². The second-order valence-electron chi connectivity index (χ2n) is 3.37. The van der Waals surface area contributed by atoms with Crippen LogP contribution in [0.2, 0.25) is 0 Å². The van der Waals surface area contributed by atoms with Gasteiger partial charge in [-0.3, -0.25) is 4.79 Å². The summed E-state index contributed by atoms with van der Waals surface area (Å²) in [4.78, 5) is 13.1. The van der Waals surface area contributed by atoms with Crippen molar-refractivity contribution in [2.45, 2.75) is 5.38 Å². The van der Waals surface area contributed by atoms with Crippen molar-refractivity contribution in [2.75, 3.05) is 21.2 Å². The normalized spacial score (nSPS) is 12.0. The SMILES string of the molecule is COc1cccc(C(Cl)C(=O)N(C)C)c1. The number of carbonyl (C=O) groups is 1. The molecule has 4 heteroatoms. The highest BCUT2D eigenvalue weighted by Gasteiger charge is 2.19. The molecular formula is C11H14ClNO2. The first kappa shape index (κ1) is 11.9. The Kier molecular flexibility index (Phi) is 3.97. The number of amides is 1. The predicted molar refractivity (Wildman–Crippen MR) is 60.3 cm³/mol. The van der Waals surface area contributed by atoms with Crippen molar-refractivity contribution in [2.24, 2.45) is 0 Å². The maximum atomic E-state index is 11.6. The smallest absolute Gasteiger partial charge is 0.244 e. The van der Waals surface area contributed by atoms with Gasteiger partial charge in [-0.05, 0) is 17.7 Å². The Morgan fingerprint density at radius 2 is 2.13 bits per heavy atom. The van der Waals surface area contributed by atoms with Crippen LogP contribution in [0.15, 0.2) is 24.3 Å². The second kappa shape index (κ2) is 5.03. The summed E-state index contributed by atoms with van der Waals surface area (Å²) in [6.07, 6.45) is 0. The van der Waals surface area contributed by atoms with Crippen molar-refractivity contribution in [3.8, 4) is 5.75 Å². The lowest BCUT2D eigenvalue weighted by atomic mass is 10.1. The number of carbonyl (C=O) groups excluding carboxylic acids is 1. The van der Waals surface area contributed by atoms with Crippen LogP contribution < -0.4 is 4.74 Å². The quantitative estimate of drug-likeness (QED) is 0.740. The lowest BCUT2D eigenvalue weighted by molar-refractivity contribution is -0.128. The van der Waals surface area contributed by atoms with Crippen LogP contribution >= 0.6 is 11.6 Å². The zero-order valence-corrected chi connectivity index (χ0v) is 9.78. The van der Waals surface area contributed by atoms with Crippen molar-refractivity contribution in [1.29, 1.82) is 0 Å². The van der Waals surface area contributed by atoms with Crippen LogP contribution in [0.25, 0.3) is 0 Å². The highest BCUT2D eigenvalue weighted by Crippen LogP contribution is 2.25. The van der Waals surface area contributed by atoms with E-state index in [-0.39, 0.29) is 5.91 Å². The number of rotatable bonds is 3. The highest BCUT2D eigenvalue weighted by molar-refractivity contribution is 6.30. The minimum atomic E-state index is -0.657. The Balaban J connectivity index is 2.90. The zero-order valence-electron chi connectivity index (χ0n) is 9.03. The summed E-state index contributed by atoms with van der Waals surface area (Å²) in [7, 11) is 4.94. The number of hydrogen-bond acceptors (Lipinski definition) is 2. The molecule has 0 aromatic heterocycles. The largest absolute Gasteiger partial charge is 0.497 e. The highest BCUT2D eigenvalue weighted by atomic mass is 35.5. The Morgan fingerprint density at radius 3 is 2.67 bits per heavy atom. The van der Waals surface area contributed by atoms with E-state index >= 15 is 0 Å². The van der Waals surface area contributed by atoms with Gasteiger partial charge < -0.3 is 9.64 Å². The van der Waals surface area contributed by atoms with Crippen LogP contribution in [0.3, 0.4) is 0 Å². The number of hydrogen-bond donors (Lipinski definition) is 0. The van der Waals surface area contributed by atoms with Crippen LogP contribution in [0.1, 0.15) is 10.9 Å². The molecule has 1 amide bonds. The van der Waals surface area contributed by atoms with E-state index in [1.54, 1.807) is 27.3 Å². The molecule has 15 heavy (non-hydrogen) atoms. The number of halogens is 1. The van der Waals surface area contributed by atoms with Gasteiger partial charge in [-0.2, -0.15) is 0 Å². The second-order valence-corrected chi connectivity index (χ2v) is 3.81. The summed E-state index contributed by atoms with van der Waals surface area (Å²) in [6, 6.07) is 7.19. The van der Waals surface area contributed by atoms with Crippen molar-refractivity contribution in [1.82, 2.24) is 4.90 Å². The fraction of sp³-hybridized carbons (Fsp3) is 0.364. The summed E-state index contributed by atoms with van der Waals surface area (Å²) >= 11 is 6.03. The third kappa shape index (κ3) is 2.86. The molecule has 0 saturated carbocycles. The number of ether oxygens (including phenoxy) is 1. The zero-order chi connectivity index (χ0) is 11.4. The molecule has 1 rings (SSSR count). The molecule has 0 fully saturated rings. The Morgan fingerprint density at radius 1 is 1.47 bits per heavy atom. The van der Waals surface area contributed by atoms with E-state index in [2.05, 4.69) is 0 Å². The molecule has 0 saturated heterocycles. The third-order valence-corrected chi connectivity index (χ3v) is 2.48. The summed E-state index contributed by atoms with van der Waals surface area (Å²) < 4.78 is 5.06. The summed E-state index contributed by atoms with van der Waals surface area (Å²) in [6.45, 7) is 0. The summed E-state index contributed by atoms with van der Waals surface area (Å²) in [5, 5.41) is -0.657. The van der Waals surface area contributed by atoms with E-state index in [0.717, 1.165) is 5.56 Å². The molecular weight excluding hydrogens is 214 g/mol. The fourth-order valence-corrected chi connectivity index (χ4v) is 1.50. The Hall–Kier alpha value is -1.22. The summed E-state index contributed by atoms with van der Waals surface area (Å²) in [5.74, 6) is 0.564.